The van der Waals surface area contributed by atoms with Crippen molar-refractivity contribution >= 4 is 11.6 Å². The van der Waals surface area contributed by atoms with Crippen LogP contribution >= 0.6 is 11.6 Å². The molecule has 0 saturated carbocycles. The quantitative estimate of drug-likeness (QED) is 0.766. The minimum Gasteiger partial charge on any atom is -0.481 e. The Labute approximate surface area is 83.9 Å². The maximum absolute atomic E-state index is 12.4. The van der Waals surface area contributed by atoms with Crippen molar-refractivity contribution < 1.29 is 13.5 Å². The molecule has 0 unspecified atom stereocenters. The molecule has 0 radical (unpaired) electrons. The second-order valence-electron chi connectivity index (χ2n) is 2.32. The molecular weight excluding hydrogens is 214 g/mol. The molecule has 1 heterocycles. The molecule has 0 saturated heterocycles. The molecule has 0 bridgehead atoms. The van der Waals surface area contributed by atoms with Gasteiger partial charge in [0.1, 0.15) is 11.8 Å². The number of halogens is 3. The lowest BCUT2D eigenvalue weighted by atomic mass is 10.2. The Kier molecular flexibility index (Phi) is 3.20. The zero-order chi connectivity index (χ0) is 10.7. The van der Waals surface area contributed by atoms with Gasteiger partial charge in [-0.2, -0.15) is 5.26 Å². The van der Waals surface area contributed by atoms with Gasteiger partial charge < -0.3 is 4.74 Å². The molecule has 14 heavy (non-hydrogen) atoms. The number of nitrogens with zero attached hydrogens (tertiary/aromatic N) is 2. The van der Waals surface area contributed by atoms with Gasteiger partial charge in [0.15, 0.2) is 0 Å². The third-order valence-electron chi connectivity index (χ3n) is 1.50. The number of pyridine rings is 1. The molecule has 1 rings (SSSR count). The number of methoxy groups -OCH3 is 1. The van der Waals surface area contributed by atoms with Gasteiger partial charge >= 0.3 is 0 Å². The smallest absolute Gasteiger partial charge is 0.270 e. The first-order valence-corrected chi connectivity index (χ1v) is 3.90. The molecule has 0 amide bonds. The van der Waals surface area contributed by atoms with Crippen molar-refractivity contribution in [3.8, 4) is 11.9 Å². The van der Waals surface area contributed by atoms with Crippen LogP contribution in [0.4, 0.5) is 8.78 Å². The van der Waals surface area contributed by atoms with Gasteiger partial charge in [0, 0.05) is 0 Å². The number of ether oxygens (including phenoxy) is 1. The number of aromatic nitrogens is 1. The molecular formula is C8H5ClF2N2O. The summed E-state index contributed by atoms with van der Waals surface area (Å²) in [5, 5.41) is 8.28. The molecule has 0 aliphatic heterocycles. The van der Waals surface area contributed by atoms with Crippen molar-refractivity contribution in [3.05, 3.63) is 22.3 Å². The normalized spacial score (nSPS) is 10.0. The van der Waals surface area contributed by atoms with E-state index in [9.17, 15) is 8.78 Å². The summed E-state index contributed by atoms with van der Waals surface area (Å²) in [5.41, 5.74) is -0.551. The molecule has 0 N–H and O–H groups in total. The van der Waals surface area contributed by atoms with E-state index in [1.54, 1.807) is 6.07 Å². The first-order chi connectivity index (χ1) is 6.60. The zero-order valence-electron chi connectivity index (χ0n) is 7.09. The molecule has 1 aromatic heterocycles. The molecule has 0 aliphatic carbocycles. The molecule has 0 aliphatic rings. The summed E-state index contributed by atoms with van der Waals surface area (Å²) in [6, 6.07) is 2.76. The van der Waals surface area contributed by atoms with Crippen molar-refractivity contribution in [1.82, 2.24) is 4.98 Å². The van der Waals surface area contributed by atoms with Crippen molar-refractivity contribution in [2.75, 3.05) is 7.11 Å². The van der Waals surface area contributed by atoms with Gasteiger partial charge in [-0.05, 0) is 6.07 Å². The lowest BCUT2D eigenvalue weighted by molar-refractivity contribution is 0.146. The first-order valence-electron chi connectivity index (χ1n) is 3.52. The van der Waals surface area contributed by atoms with Crippen LogP contribution in [0.5, 0.6) is 5.88 Å². The van der Waals surface area contributed by atoms with Gasteiger partial charge in [-0.1, -0.05) is 11.6 Å². The summed E-state index contributed by atoms with van der Waals surface area (Å²) in [4.78, 5) is 3.54. The molecule has 0 aromatic carbocycles. The van der Waals surface area contributed by atoms with E-state index < -0.39 is 12.0 Å². The fourth-order valence-electron chi connectivity index (χ4n) is 0.912. The summed E-state index contributed by atoms with van der Waals surface area (Å²) in [6.07, 6.45) is -2.78. The highest BCUT2D eigenvalue weighted by Gasteiger charge is 2.20. The third kappa shape index (κ3) is 1.91. The van der Waals surface area contributed by atoms with Crippen LogP contribution < -0.4 is 4.74 Å². The van der Waals surface area contributed by atoms with E-state index in [4.69, 9.17) is 16.9 Å². The van der Waals surface area contributed by atoms with Gasteiger partial charge in [0.05, 0.1) is 17.7 Å². The third-order valence-corrected chi connectivity index (χ3v) is 1.81. The van der Waals surface area contributed by atoms with Gasteiger partial charge in [-0.25, -0.2) is 13.8 Å². The first kappa shape index (κ1) is 10.7. The van der Waals surface area contributed by atoms with Crippen LogP contribution in [-0.2, 0) is 0 Å². The largest absolute Gasteiger partial charge is 0.481 e. The van der Waals surface area contributed by atoms with E-state index in [1.807, 2.05) is 0 Å². The molecule has 3 nitrogen and oxygen atoms in total. The Morgan fingerprint density at radius 3 is 2.71 bits per heavy atom. The van der Waals surface area contributed by atoms with Crippen LogP contribution in [0.25, 0.3) is 0 Å². The second-order valence-corrected chi connectivity index (χ2v) is 2.73. The van der Waals surface area contributed by atoms with Crippen molar-refractivity contribution in [3.63, 3.8) is 0 Å². The monoisotopic (exact) mass is 218 g/mol. The van der Waals surface area contributed by atoms with Crippen LogP contribution in [0.1, 0.15) is 17.7 Å². The van der Waals surface area contributed by atoms with Crippen LogP contribution in [0.2, 0.25) is 5.02 Å². The average molecular weight is 219 g/mol. The van der Waals surface area contributed by atoms with Crippen LogP contribution in [0.3, 0.4) is 0 Å². The highest BCUT2D eigenvalue weighted by Crippen LogP contribution is 2.33. The Bertz CT molecular complexity index is 390. The Balaban J connectivity index is 3.36. The number of hydrogen-bond donors (Lipinski definition) is 0. The fourth-order valence-corrected chi connectivity index (χ4v) is 1.18. The van der Waals surface area contributed by atoms with Gasteiger partial charge in [0.25, 0.3) is 6.43 Å². The number of hydrogen-bond acceptors (Lipinski definition) is 3. The Morgan fingerprint density at radius 1 is 1.64 bits per heavy atom. The maximum atomic E-state index is 12.4. The van der Waals surface area contributed by atoms with E-state index in [0.29, 0.717) is 0 Å². The zero-order valence-corrected chi connectivity index (χ0v) is 7.85. The Morgan fingerprint density at radius 2 is 2.29 bits per heavy atom. The fraction of sp³-hybridized carbons (Fsp3) is 0.250. The second kappa shape index (κ2) is 4.20. The highest BCUT2D eigenvalue weighted by atomic mass is 35.5. The maximum Gasteiger partial charge on any atom is 0.270 e. The minimum atomic E-state index is -2.78. The molecule has 0 spiro atoms. The van der Waals surface area contributed by atoms with Gasteiger partial charge in [-0.15, -0.1) is 0 Å². The van der Waals surface area contributed by atoms with Crippen LogP contribution in [-0.4, -0.2) is 12.1 Å². The van der Waals surface area contributed by atoms with Crippen molar-refractivity contribution in [1.29, 1.82) is 5.26 Å². The summed E-state index contributed by atoms with van der Waals surface area (Å²) >= 11 is 5.54. The van der Waals surface area contributed by atoms with E-state index in [2.05, 4.69) is 9.72 Å². The number of alkyl halides is 2. The topological polar surface area (TPSA) is 45.9 Å². The molecule has 0 atom stereocenters. The van der Waals surface area contributed by atoms with Crippen LogP contribution in [0.15, 0.2) is 6.07 Å². The standard InChI is InChI=1S/C8H5ClF2N2O/c1-14-8-6(7(10)11)5(9)2-4(3-12)13-8/h2,7H,1H3. The predicted octanol–water partition coefficient (Wildman–Crippen LogP) is 2.55. The lowest BCUT2D eigenvalue weighted by Gasteiger charge is -2.08. The van der Waals surface area contributed by atoms with Crippen molar-refractivity contribution in [2.24, 2.45) is 0 Å². The predicted molar refractivity (Wildman–Crippen MR) is 45.5 cm³/mol. The van der Waals surface area contributed by atoms with Gasteiger partial charge in [0.2, 0.25) is 5.88 Å². The summed E-state index contributed by atoms with van der Waals surface area (Å²) < 4.78 is 29.5. The SMILES string of the molecule is COc1nc(C#N)cc(Cl)c1C(F)F. The van der Waals surface area contributed by atoms with Crippen LogP contribution in [0, 0.1) is 11.3 Å². The molecule has 74 valence electrons. The summed E-state index contributed by atoms with van der Waals surface area (Å²) in [6.45, 7) is 0. The summed E-state index contributed by atoms with van der Waals surface area (Å²) in [7, 11) is 1.19. The minimum absolute atomic E-state index is 0.0590. The number of rotatable bonds is 2. The van der Waals surface area contributed by atoms with E-state index >= 15 is 0 Å². The average Bonchev–Trinajstić information content (AvgIpc) is 2.15. The molecule has 6 heteroatoms. The lowest BCUT2D eigenvalue weighted by Crippen LogP contribution is -1.98. The highest BCUT2D eigenvalue weighted by molar-refractivity contribution is 6.31. The summed E-state index contributed by atoms with van der Waals surface area (Å²) in [5.74, 6) is -0.316. The van der Waals surface area contributed by atoms with Gasteiger partial charge in [-0.3, -0.25) is 0 Å². The Hall–Kier alpha value is -1.41. The van der Waals surface area contributed by atoms with E-state index in [1.165, 1.54) is 7.11 Å². The van der Waals surface area contributed by atoms with E-state index in [0.717, 1.165) is 6.07 Å². The molecule has 1 aromatic rings. The van der Waals surface area contributed by atoms with Crippen molar-refractivity contribution in [2.45, 2.75) is 6.43 Å². The number of nitriles is 1. The molecule has 0 fully saturated rings. The van der Waals surface area contributed by atoms with E-state index in [-0.39, 0.29) is 16.6 Å².